The van der Waals surface area contributed by atoms with Gasteiger partial charge in [0.05, 0.1) is 5.57 Å². The Hall–Kier alpha value is -1.58. The van der Waals surface area contributed by atoms with Gasteiger partial charge in [0.2, 0.25) is 0 Å². The molecule has 4 heteroatoms. The van der Waals surface area contributed by atoms with Gasteiger partial charge in [0, 0.05) is 12.8 Å². The number of primary amides is 1. The summed E-state index contributed by atoms with van der Waals surface area (Å²) in [4.78, 5) is 15.3. The fourth-order valence-corrected chi connectivity index (χ4v) is 0.990. The lowest BCUT2D eigenvalue weighted by molar-refractivity contribution is -0.114. The van der Waals surface area contributed by atoms with Crippen molar-refractivity contribution in [3.8, 4) is 0 Å². The standard InChI is InChI=1S/C10H17N3O.2C2H6/c1-6(2)8(9(11)14)10(12-5)13-7(3)4;2*1-2/h12H,1H2,2-5H3,(H2,11,14);2*1-2H3/b10-8+;;. The normalized spacial score (nSPS) is 9.56. The molecule has 0 saturated carbocycles. The number of rotatable bonds is 4. The Labute approximate surface area is 112 Å². The first-order valence-electron chi connectivity index (χ1n) is 6.29. The Morgan fingerprint density at radius 1 is 1.11 bits per heavy atom. The molecule has 0 aromatic carbocycles. The van der Waals surface area contributed by atoms with E-state index in [0.717, 1.165) is 5.71 Å². The second kappa shape index (κ2) is 13.5. The molecule has 0 saturated heterocycles. The van der Waals surface area contributed by atoms with E-state index in [9.17, 15) is 4.79 Å². The number of aliphatic imine (C=N–C) groups is 1. The predicted octanol–water partition coefficient (Wildman–Crippen LogP) is 3.01. The molecular formula is C14H29N3O. The highest BCUT2D eigenvalue weighted by molar-refractivity contribution is 5.97. The molecule has 0 heterocycles. The number of nitrogens with one attached hydrogen (secondary N) is 1. The third-order valence-electron chi connectivity index (χ3n) is 1.48. The SMILES string of the molecule is C=C(C)/C(C(N)=O)=C(\N=C(C)C)NC.CC.CC. The molecule has 18 heavy (non-hydrogen) atoms. The molecule has 0 radical (unpaired) electrons. The molecular weight excluding hydrogens is 226 g/mol. The van der Waals surface area contributed by atoms with Gasteiger partial charge in [0.1, 0.15) is 5.82 Å². The lowest BCUT2D eigenvalue weighted by atomic mass is 10.1. The van der Waals surface area contributed by atoms with Crippen molar-refractivity contribution < 1.29 is 4.79 Å². The van der Waals surface area contributed by atoms with Gasteiger partial charge >= 0.3 is 0 Å². The Morgan fingerprint density at radius 2 is 1.50 bits per heavy atom. The number of hydrogen-bond donors (Lipinski definition) is 2. The van der Waals surface area contributed by atoms with Gasteiger partial charge in [0.25, 0.3) is 5.91 Å². The largest absolute Gasteiger partial charge is 0.372 e. The highest BCUT2D eigenvalue weighted by Crippen LogP contribution is 2.11. The maximum atomic E-state index is 11.1. The van der Waals surface area contributed by atoms with E-state index >= 15 is 0 Å². The van der Waals surface area contributed by atoms with Gasteiger partial charge in [-0.15, -0.1) is 0 Å². The molecule has 0 unspecified atom stereocenters. The molecule has 0 fully saturated rings. The van der Waals surface area contributed by atoms with Crippen LogP contribution in [0.5, 0.6) is 0 Å². The van der Waals surface area contributed by atoms with E-state index in [1.807, 2.05) is 41.5 Å². The summed E-state index contributed by atoms with van der Waals surface area (Å²) in [7, 11) is 1.69. The Balaban J connectivity index is -0.000000506. The molecule has 0 aliphatic carbocycles. The van der Waals surface area contributed by atoms with Gasteiger partial charge in [-0.2, -0.15) is 0 Å². The van der Waals surface area contributed by atoms with Crippen molar-refractivity contribution in [2.24, 2.45) is 10.7 Å². The minimum atomic E-state index is -0.521. The molecule has 0 rings (SSSR count). The molecule has 0 aliphatic rings. The van der Waals surface area contributed by atoms with Crippen LogP contribution < -0.4 is 11.1 Å². The fourth-order valence-electron chi connectivity index (χ4n) is 0.990. The first-order valence-corrected chi connectivity index (χ1v) is 6.29. The average molecular weight is 255 g/mol. The van der Waals surface area contributed by atoms with E-state index in [2.05, 4.69) is 16.9 Å². The highest BCUT2D eigenvalue weighted by Gasteiger charge is 2.11. The highest BCUT2D eigenvalue weighted by atomic mass is 16.1. The Morgan fingerprint density at radius 3 is 1.67 bits per heavy atom. The number of hydrogen-bond acceptors (Lipinski definition) is 3. The van der Waals surface area contributed by atoms with Crippen molar-refractivity contribution in [1.82, 2.24) is 5.32 Å². The van der Waals surface area contributed by atoms with Crippen molar-refractivity contribution in [3.05, 3.63) is 23.5 Å². The van der Waals surface area contributed by atoms with Crippen LogP contribution in [0.15, 0.2) is 28.5 Å². The maximum absolute atomic E-state index is 11.1. The quantitative estimate of drug-likeness (QED) is 0.460. The second-order valence-corrected chi connectivity index (χ2v) is 3.18. The van der Waals surface area contributed by atoms with E-state index < -0.39 is 5.91 Å². The number of nitrogens with two attached hydrogens (primary N) is 1. The van der Waals surface area contributed by atoms with Crippen LogP contribution in [-0.2, 0) is 4.79 Å². The van der Waals surface area contributed by atoms with Crippen molar-refractivity contribution in [1.29, 1.82) is 0 Å². The lowest BCUT2D eigenvalue weighted by Gasteiger charge is -2.08. The topological polar surface area (TPSA) is 67.5 Å². The maximum Gasteiger partial charge on any atom is 0.252 e. The van der Waals surface area contributed by atoms with Gasteiger partial charge in [0.15, 0.2) is 0 Å². The summed E-state index contributed by atoms with van der Waals surface area (Å²) in [6.45, 7) is 17.1. The van der Waals surface area contributed by atoms with Crippen LogP contribution in [-0.4, -0.2) is 18.7 Å². The monoisotopic (exact) mass is 255 g/mol. The summed E-state index contributed by atoms with van der Waals surface area (Å²) in [6, 6.07) is 0. The molecule has 4 nitrogen and oxygen atoms in total. The zero-order valence-electron chi connectivity index (χ0n) is 13.1. The second-order valence-electron chi connectivity index (χ2n) is 3.18. The number of nitrogens with zero attached hydrogens (tertiary/aromatic N) is 1. The smallest absolute Gasteiger partial charge is 0.252 e. The molecule has 106 valence electrons. The molecule has 0 bridgehead atoms. The van der Waals surface area contributed by atoms with Gasteiger partial charge in [-0.25, -0.2) is 4.99 Å². The van der Waals surface area contributed by atoms with E-state index in [4.69, 9.17) is 5.73 Å². The van der Waals surface area contributed by atoms with Crippen molar-refractivity contribution in [2.75, 3.05) is 7.05 Å². The minimum absolute atomic E-state index is 0.341. The average Bonchev–Trinajstić information content (AvgIpc) is 2.31. The van der Waals surface area contributed by atoms with Crippen LogP contribution in [0, 0.1) is 0 Å². The van der Waals surface area contributed by atoms with Crippen molar-refractivity contribution >= 4 is 11.6 Å². The summed E-state index contributed by atoms with van der Waals surface area (Å²) in [6.07, 6.45) is 0. The van der Waals surface area contributed by atoms with Crippen LogP contribution in [0.1, 0.15) is 48.5 Å². The van der Waals surface area contributed by atoms with E-state index in [1.54, 1.807) is 14.0 Å². The zero-order valence-corrected chi connectivity index (χ0v) is 13.1. The summed E-state index contributed by atoms with van der Waals surface area (Å²) in [5.74, 6) is -0.0585. The molecule has 1 amide bonds. The van der Waals surface area contributed by atoms with Crippen LogP contribution in [0.2, 0.25) is 0 Å². The third-order valence-corrected chi connectivity index (χ3v) is 1.48. The Bertz CT molecular complexity index is 295. The first-order chi connectivity index (χ1) is 8.40. The van der Waals surface area contributed by atoms with Crippen LogP contribution in [0.4, 0.5) is 0 Å². The van der Waals surface area contributed by atoms with E-state index in [1.165, 1.54) is 0 Å². The van der Waals surface area contributed by atoms with Gasteiger partial charge in [-0.3, -0.25) is 4.79 Å². The number of amides is 1. The van der Waals surface area contributed by atoms with Gasteiger partial charge in [-0.1, -0.05) is 34.3 Å². The molecule has 0 spiro atoms. The molecule has 0 aliphatic heterocycles. The zero-order chi connectivity index (χ0) is 15.3. The minimum Gasteiger partial charge on any atom is -0.372 e. The van der Waals surface area contributed by atoms with Crippen LogP contribution in [0.25, 0.3) is 0 Å². The number of carbonyl (C=O) groups excluding carboxylic acids is 1. The third kappa shape index (κ3) is 9.63. The summed E-state index contributed by atoms with van der Waals surface area (Å²) < 4.78 is 0. The summed E-state index contributed by atoms with van der Waals surface area (Å²) in [5, 5.41) is 2.83. The van der Waals surface area contributed by atoms with Crippen LogP contribution in [0.3, 0.4) is 0 Å². The lowest BCUT2D eigenvalue weighted by Crippen LogP contribution is -2.21. The van der Waals surface area contributed by atoms with E-state index in [0.29, 0.717) is 17.0 Å². The van der Waals surface area contributed by atoms with Crippen molar-refractivity contribution in [3.63, 3.8) is 0 Å². The van der Waals surface area contributed by atoms with Gasteiger partial charge in [-0.05, 0) is 26.3 Å². The van der Waals surface area contributed by atoms with Crippen LogP contribution >= 0.6 is 0 Å². The number of carbonyl (C=O) groups is 1. The molecule has 3 N–H and O–H groups in total. The summed E-state index contributed by atoms with van der Waals surface area (Å²) in [5.41, 5.74) is 7.01. The van der Waals surface area contributed by atoms with Gasteiger partial charge < -0.3 is 11.1 Å². The van der Waals surface area contributed by atoms with Crippen molar-refractivity contribution in [2.45, 2.75) is 48.5 Å². The first kappa shape index (κ1) is 21.7. The molecule has 0 aromatic heterocycles. The molecule has 0 aromatic rings. The Kier molecular flexibility index (Phi) is 16.2. The summed E-state index contributed by atoms with van der Waals surface area (Å²) >= 11 is 0. The fraction of sp³-hybridized carbons (Fsp3) is 0.571. The predicted molar refractivity (Wildman–Crippen MR) is 81.6 cm³/mol. The van der Waals surface area contributed by atoms with E-state index in [-0.39, 0.29) is 0 Å². The molecule has 0 atom stereocenters.